The van der Waals surface area contributed by atoms with Gasteiger partial charge in [-0.3, -0.25) is 24.7 Å². The average molecular weight is 406 g/mol. The highest BCUT2D eigenvalue weighted by molar-refractivity contribution is 7.46. The van der Waals surface area contributed by atoms with E-state index in [1.165, 1.54) is 12.1 Å². The molecule has 0 atom stereocenters. The van der Waals surface area contributed by atoms with E-state index in [1.54, 1.807) is 34.1 Å². The van der Waals surface area contributed by atoms with Gasteiger partial charge in [0.25, 0.3) is 0 Å². The monoisotopic (exact) mass is 406 g/mol. The van der Waals surface area contributed by atoms with Gasteiger partial charge in [-0.2, -0.15) is 0 Å². The van der Waals surface area contributed by atoms with Crippen LogP contribution in [0.15, 0.2) is 46.2 Å². The quantitative estimate of drug-likeness (QED) is 0.436. The SMILES string of the molecule is O=c1c2cc(F)ccc2n(CCOP(=O)(O)O)c2cc(N3CN=CN3)ccc12. The molecule has 0 amide bonds. The van der Waals surface area contributed by atoms with Crippen LogP contribution in [0.25, 0.3) is 21.8 Å². The van der Waals surface area contributed by atoms with Gasteiger partial charge in [0.15, 0.2) is 5.43 Å². The van der Waals surface area contributed by atoms with Crippen LogP contribution in [0.4, 0.5) is 10.1 Å². The molecule has 3 aromatic rings. The number of fused-ring (bicyclic) bond motifs is 2. The summed E-state index contributed by atoms with van der Waals surface area (Å²) in [5.41, 5.74) is 4.35. The third-order valence-corrected chi connectivity index (χ3v) is 4.94. The Bertz CT molecular complexity index is 1200. The lowest BCUT2D eigenvalue weighted by molar-refractivity contribution is 0.191. The van der Waals surface area contributed by atoms with Gasteiger partial charge in [-0.25, -0.2) is 8.96 Å². The summed E-state index contributed by atoms with van der Waals surface area (Å²) in [7, 11) is -4.64. The molecule has 1 aliphatic rings. The first kappa shape index (κ1) is 18.6. The summed E-state index contributed by atoms with van der Waals surface area (Å²) >= 11 is 0. The lowest BCUT2D eigenvalue weighted by Crippen LogP contribution is -2.31. The highest BCUT2D eigenvalue weighted by Crippen LogP contribution is 2.35. The van der Waals surface area contributed by atoms with Crippen LogP contribution in [0, 0.1) is 5.82 Å². The summed E-state index contributed by atoms with van der Waals surface area (Å²) in [5, 5.41) is 2.30. The number of phosphoric acid groups is 1. The first-order valence-electron chi connectivity index (χ1n) is 8.31. The Morgan fingerprint density at radius 1 is 1.18 bits per heavy atom. The number of nitrogens with one attached hydrogen (secondary N) is 1. The first-order valence-corrected chi connectivity index (χ1v) is 9.84. The molecule has 0 saturated carbocycles. The number of hydrogen-bond acceptors (Lipinski definition) is 6. The number of rotatable bonds is 5. The molecule has 0 spiro atoms. The molecule has 11 heteroatoms. The van der Waals surface area contributed by atoms with E-state index in [2.05, 4.69) is 14.9 Å². The second kappa shape index (κ2) is 6.99. The average Bonchev–Trinajstić information content (AvgIpc) is 3.18. The van der Waals surface area contributed by atoms with Crippen molar-refractivity contribution in [3.05, 3.63) is 52.4 Å². The molecule has 0 fully saturated rings. The van der Waals surface area contributed by atoms with Gasteiger partial charge >= 0.3 is 7.82 Å². The van der Waals surface area contributed by atoms with E-state index in [-0.39, 0.29) is 24.0 Å². The molecule has 0 unspecified atom stereocenters. The highest BCUT2D eigenvalue weighted by Gasteiger charge is 2.17. The normalized spacial score (nSPS) is 14.2. The van der Waals surface area contributed by atoms with E-state index in [4.69, 9.17) is 9.79 Å². The molecule has 4 rings (SSSR count). The van der Waals surface area contributed by atoms with Crippen molar-refractivity contribution in [1.29, 1.82) is 0 Å². The van der Waals surface area contributed by atoms with Gasteiger partial charge in [0.05, 0.1) is 23.3 Å². The molecule has 2 heterocycles. The highest BCUT2D eigenvalue weighted by atomic mass is 31.2. The van der Waals surface area contributed by atoms with Crippen LogP contribution >= 0.6 is 7.82 Å². The van der Waals surface area contributed by atoms with Crippen molar-refractivity contribution < 1.29 is 23.3 Å². The van der Waals surface area contributed by atoms with Gasteiger partial charge in [-0.05, 0) is 36.4 Å². The van der Waals surface area contributed by atoms with E-state index in [1.807, 2.05) is 0 Å². The minimum atomic E-state index is -4.64. The number of benzene rings is 2. The molecule has 0 bridgehead atoms. The Hall–Kier alpha value is -2.78. The van der Waals surface area contributed by atoms with Crippen molar-refractivity contribution in [3.63, 3.8) is 0 Å². The van der Waals surface area contributed by atoms with Crippen LogP contribution in [0.2, 0.25) is 0 Å². The van der Waals surface area contributed by atoms with Gasteiger partial charge in [-0.15, -0.1) is 0 Å². The van der Waals surface area contributed by atoms with Crippen molar-refractivity contribution in [3.8, 4) is 0 Å². The number of nitrogens with zero attached hydrogens (tertiary/aromatic N) is 3. The van der Waals surface area contributed by atoms with Crippen LogP contribution in [0.5, 0.6) is 0 Å². The van der Waals surface area contributed by atoms with Crippen LogP contribution in [-0.2, 0) is 15.6 Å². The van der Waals surface area contributed by atoms with Crippen molar-refractivity contribution in [2.24, 2.45) is 4.99 Å². The molecule has 1 aliphatic heterocycles. The van der Waals surface area contributed by atoms with Gasteiger partial charge in [-0.1, -0.05) is 0 Å². The predicted molar refractivity (Wildman–Crippen MR) is 103 cm³/mol. The number of halogens is 1. The van der Waals surface area contributed by atoms with Crippen molar-refractivity contribution in [2.75, 3.05) is 18.3 Å². The van der Waals surface area contributed by atoms with Gasteiger partial charge in [0.1, 0.15) is 18.8 Å². The number of anilines is 1. The zero-order valence-corrected chi connectivity index (χ0v) is 15.3. The third-order valence-electron chi connectivity index (χ3n) is 4.42. The minimum absolute atomic E-state index is 0.0530. The molecule has 2 aromatic carbocycles. The summed E-state index contributed by atoms with van der Waals surface area (Å²) in [5.74, 6) is -0.544. The van der Waals surface area contributed by atoms with Crippen LogP contribution in [-0.4, -0.2) is 34.0 Å². The Balaban J connectivity index is 1.90. The second-order valence-corrected chi connectivity index (χ2v) is 7.42. The summed E-state index contributed by atoms with van der Waals surface area (Å²) in [6.07, 6.45) is 1.55. The maximum atomic E-state index is 13.7. The standard InChI is InChI=1S/C17H16FN4O5P/c18-11-1-4-15-14(7-11)17(23)13-3-2-12(22-10-19-9-20-22)8-16(13)21(15)5-6-27-28(24,25)26/h1-4,7-9H,5-6,10H2,(H,19,20)(H2,24,25,26). The number of hydrazine groups is 1. The lowest BCUT2D eigenvalue weighted by atomic mass is 10.1. The zero-order valence-electron chi connectivity index (χ0n) is 14.4. The number of phosphoric ester groups is 1. The maximum absolute atomic E-state index is 13.7. The van der Waals surface area contributed by atoms with Gasteiger partial charge in [0.2, 0.25) is 0 Å². The number of aliphatic imine (C=N–C) groups is 1. The van der Waals surface area contributed by atoms with Crippen molar-refractivity contribution in [1.82, 2.24) is 9.99 Å². The molecule has 0 saturated heterocycles. The summed E-state index contributed by atoms with van der Waals surface area (Å²) in [6.45, 7) is 0.164. The fourth-order valence-corrected chi connectivity index (χ4v) is 3.55. The van der Waals surface area contributed by atoms with E-state index in [9.17, 15) is 13.8 Å². The summed E-state index contributed by atoms with van der Waals surface area (Å²) < 4.78 is 31.0. The molecule has 3 N–H and O–H groups in total. The molecule has 9 nitrogen and oxygen atoms in total. The lowest BCUT2D eigenvalue weighted by Gasteiger charge is -2.20. The van der Waals surface area contributed by atoms with E-state index >= 15 is 0 Å². The number of aromatic nitrogens is 1. The Morgan fingerprint density at radius 2 is 2.00 bits per heavy atom. The van der Waals surface area contributed by atoms with E-state index < -0.39 is 13.6 Å². The van der Waals surface area contributed by atoms with E-state index in [0.717, 1.165) is 11.8 Å². The van der Waals surface area contributed by atoms with Crippen molar-refractivity contribution >= 4 is 41.7 Å². The maximum Gasteiger partial charge on any atom is 0.469 e. The number of pyridine rings is 1. The molecule has 0 aliphatic carbocycles. The topological polar surface area (TPSA) is 116 Å². The largest absolute Gasteiger partial charge is 0.469 e. The molecule has 28 heavy (non-hydrogen) atoms. The Morgan fingerprint density at radius 3 is 2.71 bits per heavy atom. The Kier molecular flexibility index (Phi) is 4.64. The van der Waals surface area contributed by atoms with Gasteiger partial charge < -0.3 is 14.4 Å². The second-order valence-electron chi connectivity index (χ2n) is 6.18. The van der Waals surface area contributed by atoms with E-state index in [0.29, 0.717) is 23.1 Å². The third kappa shape index (κ3) is 3.50. The smallest absolute Gasteiger partial charge is 0.338 e. The molecular weight excluding hydrogens is 390 g/mol. The molecule has 0 radical (unpaired) electrons. The Labute approximate surface area is 157 Å². The molecular formula is C17H16FN4O5P. The predicted octanol–water partition coefficient (Wildman–Crippen LogP) is 1.71. The number of hydrogen-bond donors (Lipinski definition) is 3. The summed E-state index contributed by atoms with van der Waals surface area (Å²) in [6, 6.07) is 8.99. The van der Waals surface area contributed by atoms with Crippen LogP contribution in [0.1, 0.15) is 0 Å². The van der Waals surface area contributed by atoms with Crippen LogP contribution < -0.4 is 15.9 Å². The molecule has 1 aromatic heterocycles. The molecule has 146 valence electrons. The van der Waals surface area contributed by atoms with Crippen molar-refractivity contribution in [2.45, 2.75) is 6.54 Å². The minimum Gasteiger partial charge on any atom is -0.338 e. The zero-order chi connectivity index (χ0) is 19.9. The summed E-state index contributed by atoms with van der Waals surface area (Å²) in [4.78, 5) is 34.8. The fraction of sp³-hybridized carbons (Fsp3) is 0.176. The fourth-order valence-electron chi connectivity index (χ4n) is 3.23. The van der Waals surface area contributed by atoms with Gasteiger partial charge in [0, 0.05) is 17.3 Å². The van der Waals surface area contributed by atoms with Crippen LogP contribution in [0.3, 0.4) is 0 Å². The first-order chi connectivity index (χ1) is 13.3.